The summed E-state index contributed by atoms with van der Waals surface area (Å²) in [4.78, 5) is 13.8. The lowest BCUT2D eigenvalue weighted by Gasteiger charge is -2.36. The number of halogens is 1. The number of hydrogen-bond donors (Lipinski definition) is 1. The number of carboxylic acids is 1. The Morgan fingerprint density at radius 3 is 2.83 bits per heavy atom. The summed E-state index contributed by atoms with van der Waals surface area (Å²) in [6, 6.07) is 4.90. The first-order valence-electron chi connectivity index (χ1n) is 7.89. The quantitative estimate of drug-likeness (QED) is 0.920. The molecule has 0 radical (unpaired) electrons. The third kappa shape index (κ3) is 3.19. The fourth-order valence-electron chi connectivity index (χ4n) is 3.88. The van der Waals surface area contributed by atoms with E-state index < -0.39 is 5.97 Å². The number of aliphatic carboxylic acids is 1. The van der Waals surface area contributed by atoms with Crippen LogP contribution in [0.25, 0.3) is 0 Å². The van der Waals surface area contributed by atoms with Gasteiger partial charge in [0.2, 0.25) is 0 Å². The van der Waals surface area contributed by atoms with E-state index in [-0.39, 0.29) is 22.9 Å². The number of carboxylic acid groups (broad SMARTS) is 1. The van der Waals surface area contributed by atoms with E-state index in [9.17, 15) is 14.3 Å². The molecule has 1 unspecified atom stereocenters. The highest BCUT2D eigenvalue weighted by Gasteiger charge is 2.50. The van der Waals surface area contributed by atoms with Gasteiger partial charge in [0.15, 0.2) is 11.6 Å². The van der Waals surface area contributed by atoms with E-state index in [0.717, 1.165) is 24.9 Å². The minimum absolute atomic E-state index is 0.213. The second-order valence-electron chi connectivity index (χ2n) is 6.50. The van der Waals surface area contributed by atoms with E-state index in [1.54, 1.807) is 6.07 Å². The van der Waals surface area contributed by atoms with Crippen molar-refractivity contribution in [2.75, 3.05) is 33.4 Å². The molecule has 0 amide bonds. The molecular weight excluding hydrogens is 301 g/mol. The molecule has 2 heterocycles. The van der Waals surface area contributed by atoms with Crippen molar-refractivity contribution in [3.05, 3.63) is 29.6 Å². The van der Waals surface area contributed by atoms with Gasteiger partial charge in [-0.25, -0.2) is 4.39 Å². The Hall–Kier alpha value is -1.66. The molecule has 1 spiro atoms. The van der Waals surface area contributed by atoms with Gasteiger partial charge < -0.3 is 14.6 Å². The lowest BCUT2D eigenvalue weighted by atomic mass is 9.72. The minimum atomic E-state index is -0.740. The van der Waals surface area contributed by atoms with Crippen LogP contribution in [0.15, 0.2) is 18.2 Å². The molecule has 2 aliphatic heterocycles. The van der Waals surface area contributed by atoms with Crippen LogP contribution in [0, 0.1) is 17.2 Å². The molecule has 126 valence electrons. The molecule has 1 atom stereocenters. The molecule has 0 aliphatic carbocycles. The average Bonchev–Trinajstić information content (AvgIpc) is 2.86. The normalized spacial score (nSPS) is 24.0. The fourth-order valence-corrected chi connectivity index (χ4v) is 3.88. The second-order valence-corrected chi connectivity index (χ2v) is 6.50. The van der Waals surface area contributed by atoms with Gasteiger partial charge in [-0.2, -0.15) is 0 Å². The number of methoxy groups -OCH3 is 1. The van der Waals surface area contributed by atoms with Gasteiger partial charge in [0.1, 0.15) is 0 Å². The van der Waals surface area contributed by atoms with Crippen molar-refractivity contribution in [2.45, 2.75) is 19.4 Å². The Morgan fingerprint density at radius 2 is 2.22 bits per heavy atom. The largest absolute Gasteiger partial charge is 0.494 e. The molecule has 3 rings (SSSR count). The smallest absolute Gasteiger partial charge is 0.308 e. The summed E-state index contributed by atoms with van der Waals surface area (Å²) in [7, 11) is 1.44. The van der Waals surface area contributed by atoms with Crippen molar-refractivity contribution in [1.82, 2.24) is 4.90 Å². The molecular formula is C17H22FNO4. The molecule has 23 heavy (non-hydrogen) atoms. The highest BCUT2D eigenvalue weighted by atomic mass is 19.1. The zero-order valence-corrected chi connectivity index (χ0v) is 13.3. The fraction of sp³-hybridized carbons (Fsp3) is 0.588. The maximum Gasteiger partial charge on any atom is 0.308 e. The number of likely N-dealkylation sites (tertiary alicyclic amines) is 1. The molecule has 1 aromatic carbocycles. The minimum Gasteiger partial charge on any atom is -0.494 e. The van der Waals surface area contributed by atoms with Gasteiger partial charge in [0.05, 0.1) is 13.0 Å². The topological polar surface area (TPSA) is 59.0 Å². The monoisotopic (exact) mass is 323 g/mol. The van der Waals surface area contributed by atoms with Crippen LogP contribution in [0.5, 0.6) is 5.75 Å². The Bertz CT molecular complexity index is 586. The van der Waals surface area contributed by atoms with Gasteiger partial charge in [0.25, 0.3) is 0 Å². The lowest BCUT2D eigenvalue weighted by molar-refractivity contribution is -0.147. The Labute approximate surface area is 135 Å². The van der Waals surface area contributed by atoms with Crippen molar-refractivity contribution in [1.29, 1.82) is 0 Å². The molecule has 6 heteroatoms. The summed E-state index contributed by atoms with van der Waals surface area (Å²) in [5, 5.41) is 9.58. The highest BCUT2D eigenvalue weighted by molar-refractivity contribution is 5.72. The van der Waals surface area contributed by atoms with E-state index in [2.05, 4.69) is 4.90 Å². The molecule has 0 saturated carbocycles. The van der Waals surface area contributed by atoms with Crippen LogP contribution in [0.4, 0.5) is 4.39 Å². The van der Waals surface area contributed by atoms with Crippen LogP contribution in [0.2, 0.25) is 0 Å². The first-order chi connectivity index (χ1) is 11.0. The number of nitrogens with zero attached hydrogens (tertiary/aromatic N) is 1. The number of carbonyl (C=O) groups is 1. The second kappa shape index (κ2) is 6.45. The van der Waals surface area contributed by atoms with Gasteiger partial charge in [-0.1, -0.05) is 6.07 Å². The maximum absolute atomic E-state index is 13.8. The Morgan fingerprint density at radius 1 is 1.48 bits per heavy atom. The average molecular weight is 323 g/mol. The zero-order chi connectivity index (χ0) is 16.4. The van der Waals surface area contributed by atoms with Crippen LogP contribution in [0.1, 0.15) is 18.4 Å². The predicted molar refractivity (Wildman–Crippen MR) is 81.8 cm³/mol. The molecule has 2 saturated heterocycles. The van der Waals surface area contributed by atoms with Crippen LogP contribution < -0.4 is 4.74 Å². The number of rotatable bonds is 4. The van der Waals surface area contributed by atoms with Crippen LogP contribution >= 0.6 is 0 Å². The van der Waals surface area contributed by atoms with Crippen molar-refractivity contribution in [3.8, 4) is 5.75 Å². The highest BCUT2D eigenvalue weighted by Crippen LogP contribution is 2.44. The Kier molecular flexibility index (Phi) is 4.55. The molecule has 2 fully saturated rings. The summed E-state index contributed by atoms with van der Waals surface area (Å²) < 4.78 is 24.2. The standard InChI is InChI=1S/C17H22FNO4/c1-22-15-3-2-12(8-14(15)18)9-19-10-13(16(20)21)17(11-19)4-6-23-7-5-17/h2-3,8,13H,4-7,9-11H2,1H3,(H,20,21). The summed E-state index contributed by atoms with van der Waals surface area (Å²) >= 11 is 0. The third-order valence-corrected chi connectivity index (χ3v) is 5.13. The van der Waals surface area contributed by atoms with Gasteiger partial charge >= 0.3 is 5.97 Å². The van der Waals surface area contributed by atoms with Crippen LogP contribution in [-0.2, 0) is 16.1 Å². The van der Waals surface area contributed by atoms with Gasteiger partial charge in [-0.3, -0.25) is 9.69 Å². The molecule has 0 bridgehead atoms. The van der Waals surface area contributed by atoms with E-state index in [4.69, 9.17) is 9.47 Å². The summed E-state index contributed by atoms with van der Waals surface area (Å²) in [5.41, 5.74) is 0.617. The number of benzene rings is 1. The molecule has 0 aromatic heterocycles. The first-order valence-corrected chi connectivity index (χ1v) is 7.89. The molecule has 1 N–H and O–H groups in total. The van der Waals surface area contributed by atoms with Crippen LogP contribution in [0.3, 0.4) is 0 Å². The summed E-state index contributed by atoms with van der Waals surface area (Å²) in [6.07, 6.45) is 1.55. The Balaban J connectivity index is 1.74. The third-order valence-electron chi connectivity index (χ3n) is 5.13. The van der Waals surface area contributed by atoms with Gasteiger partial charge in [-0.05, 0) is 30.5 Å². The molecule has 1 aromatic rings. The SMILES string of the molecule is COc1ccc(CN2CC(C(=O)O)C3(CCOCC3)C2)cc1F. The van der Waals surface area contributed by atoms with E-state index in [1.807, 2.05) is 6.07 Å². The molecule has 2 aliphatic rings. The van der Waals surface area contributed by atoms with Crippen molar-refractivity contribution in [3.63, 3.8) is 0 Å². The van der Waals surface area contributed by atoms with E-state index in [1.165, 1.54) is 13.2 Å². The first kappa shape index (κ1) is 16.2. The zero-order valence-electron chi connectivity index (χ0n) is 13.3. The predicted octanol–water partition coefficient (Wildman–Crippen LogP) is 2.15. The van der Waals surface area contributed by atoms with Crippen LogP contribution in [-0.4, -0.2) is 49.4 Å². The number of ether oxygens (including phenoxy) is 2. The van der Waals surface area contributed by atoms with Crippen molar-refractivity contribution in [2.24, 2.45) is 11.3 Å². The summed E-state index contributed by atoms with van der Waals surface area (Å²) in [6.45, 7) is 3.01. The van der Waals surface area contributed by atoms with Gasteiger partial charge in [-0.15, -0.1) is 0 Å². The maximum atomic E-state index is 13.8. The van der Waals surface area contributed by atoms with Crippen molar-refractivity contribution < 1.29 is 23.8 Å². The van der Waals surface area contributed by atoms with E-state index in [0.29, 0.717) is 26.3 Å². The lowest BCUT2D eigenvalue weighted by Crippen LogP contribution is -2.40. The molecule has 5 nitrogen and oxygen atoms in total. The number of hydrogen-bond acceptors (Lipinski definition) is 4. The van der Waals surface area contributed by atoms with Crippen molar-refractivity contribution >= 4 is 5.97 Å². The van der Waals surface area contributed by atoms with E-state index >= 15 is 0 Å². The van der Waals surface area contributed by atoms with Gasteiger partial charge in [0, 0.05) is 38.3 Å². The summed E-state index contributed by atoms with van der Waals surface area (Å²) in [5.74, 6) is -1.29.